The third kappa shape index (κ3) is 2.55. The molecule has 2 aromatic rings. The molecule has 0 saturated carbocycles. The first-order valence-electron chi connectivity index (χ1n) is 6.05. The first kappa shape index (κ1) is 13.1. The van der Waals surface area contributed by atoms with Crippen molar-refractivity contribution in [2.24, 2.45) is 0 Å². The molecule has 1 N–H and O–H groups in total. The van der Waals surface area contributed by atoms with Crippen LogP contribution in [0.25, 0.3) is 0 Å². The first-order chi connectivity index (χ1) is 9.17. The Labute approximate surface area is 126 Å². The largest absolute Gasteiger partial charge is 0.497 e. The van der Waals surface area contributed by atoms with Crippen molar-refractivity contribution in [2.75, 3.05) is 12.4 Å². The van der Waals surface area contributed by atoms with E-state index in [2.05, 4.69) is 11.4 Å². The Morgan fingerprint density at radius 3 is 2.95 bits per heavy atom. The summed E-state index contributed by atoms with van der Waals surface area (Å²) in [6, 6.07) is 7.96. The molecule has 1 aromatic heterocycles. The number of hydrogen-bond acceptors (Lipinski definition) is 3. The van der Waals surface area contributed by atoms with Gasteiger partial charge in [0.25, 0.3) is 0 Å². The molecule has 0 saturated heterocycles. The number of halogens is 2. The van der Waals surface area contributed by atoms with E-state index in [-0.39, 0.29) is 6.04 Å². The molecule has 0 spiro atoms. The zero-order valence-electron chi connectivity index (χ0n) is 10.4. The number of hydrogen-bond donors (Lipinski definition) is 1. The van der Waals surface area contributed by atoms with Crippen LogP contribution >= 0.6 is 34.5 Å². The van der Waals surface area contributed by atoms with Gasteiger partial charge in [-0.15, -0.1) is 11.3 Å². The summed E-state index contributed by atoms with van der Waals surface area (Å²) in [5, 5.41) is 4.19. The molecule has 5 heteroatoms. The third-order valence-corrected chi connectivity index (χ3v) is 5.02. The molecule has 1 atom stereocenters. The summed E-state index contributed by atoms with van der Waals surface area (Å²) in [7, 11) is 1.65. The number of benzene rings is 1. The van der Waals surface area contributed by atoms with E-state index in [4.69, 9.17) is 27.9 Å². The number of thiophene rings is 1. The van der Waals surface area contributed by atoms with Gasteiger partial charge >= 0.3 is 0 Å². The Bertz CT molecular complexity index is 611. The molecule has 1 heterocycles. The van der Waals surface area contributed by atoms with Crippen molar-refractivity contribution in [1.29, 1.82) is 0 Å². The average Bonchev–Trinajstić information content (AvgIpc) is 2.92. The van der Waals surface area contributed by atoms with Crippen LogP contribution in [-0.4, -0.2) is 7.11 Å². The topological polar surface area (TPSA) is 21.3 Å². The molecule has 0 radical (unpaired) electrons. The van der Waals surface area contributed by atoms with Gasteiger partial charge in [-0.05, 0) is 36.6 Å². The summed E-state index contributed by atoms with van der Waals surface area (Å²) >= 11 is 14.0. The van der Waals surface area contributed by atoms with Crippen molar-refractivity contribution in [1.82, 2.24) is 0 Å². The van der Waals surface area contributed by atoms with Crippen LogP contribution in [0.1, 0.15) is 22.9 Å². The summed E-state index contributed by atoms with van der Waals surface area (Å²) in [5.41, 5.74) is 2.20. The minimum Gasteiger partial charge on any atom is -0.497 e. The van der Waals surface area contributed by atoms with Crippen LogP contribution in [0.15, 0.2) is 24.3 Å². The number of methoxy groups -OCH3 is 1. The highest BCUT2D eigenvalue weighted by atomic mass is 35.5. The van der Waals surface area contributed by atoms with Crippen molar-refractivity contribution >= 4 is 40.2 Å². The molecule has 1 aliphatic carbocycles. The molecule has 3 rings (SSSR count). The summed E-state index contributed by atoms with van der Waals surface area (Å²) in [5.74, 6) is 0.800. The lowest BCUT2D eigenvalue weighted by Crippen LogP contribution is -2.07. The number of aryl methyl sites for hydroxylation is 1. The number of ether oxygens (including phenoxy) is 1. The first-order valence-corrected chi connectivity index (χ1v) is 7.63. The van der Waals surface area contributed by atoms with Crippen LogP contribution in [0, 0.1) is 0 Å². The normalized spacial score (nSPS) is 17.3. The van der Waals surface area contributed by atoms with Crippen molar-refractivity contribution in [3.63, 3.8) is 0 Å². The quantitative estimate of drug-likeness (QED) is 0.844. The zero-order chi connectivity index (χ0) is 13.4. The fourth-order valence-electron chi connectivity index (χ4n) is 2.41. The zero-order valence-corrected chi connectivity index (χ0v) is 12.7. The van der Waals surface area contributed by atoms with Gasteiger partial charge < -0.3 is 10.1 Å². The van der Waals surface area contributed by atoms with E-state index < -0.39 is 0 Å². The summed E-state index contributed by atoms with van der Waals surface area (Å²) in [6.45, 7) is 0. The molecule has 100 valence electrons. The standard InChI is InChI=1S/C14H13Cl2NOS/c1-18-8-2-3-10(15)12(6-8)17-11-4-5-13-9(11)7-14(16)19-13/h2-3,6-7,11,17H,4-5H2,1H3. The van der Waals surface area contributed by atoms with Crippen molar-refractivity contribution < 1.29 is 4.74 Å². The Morgan fingerprint density at radius 2 is 2.16 bits per heavy atom. The van der Waals surface area contributed by atoms with Gasteiger partial charge in [0.15, 0.2) is 0 Å². The third-order valence-electron chi connectivity index (χ3n) is 3.35. The van der Waals surface area contributed by atoms with E-state index in [1.807, 2.05) is 18.2 Å². The van der Waals surface area contributed by atoms with Crippen molar-refractivity contribution in [2.45, 2.75) is 18.9 Å². The molecule has 0 amide bonds. The van der Waals surface area contributed by atoms with E-state index in [1.54, 1.807) is 18.4 Å². The van der Waals surface area contributed by atoms with Crippen LogP contribution in [-0.2, 0) is 6.42 Å². The lowest BCUT2D eigenvalue weighted by atomic mass is 10.1. The Hall–Kier alpha value is -0.900. The highest BCUT2D eigenvalue weighted by Crippen LogP contribution is 2.42. The van der Waals surface area contributed by atoms with Crippen molar-refractivity contribution in [3.05, 3.63) is 44.1 Å². The highest BCUT2D eigenvalue weighted by Gasteiger charge is 2.25. The van der Waals surface area contributed by atoms with Gasteiger partial charge in [-0.2, -0.15) is 0 Å². The van der Waals surface area contributed by atoms with E-state index >= 15 is 0 Å². The Kier molecular flexibility index (Phi) is 3.61. The van der Waals surface area contributed by atoms with Gasteiger partial charge in [0.2, 0.25) is 0 Å². The molecule has 1 aliphatic rings. The highest BCUT2D eigenvalue weighted by molar-refractivity contribution is 7.16. The average molecular weight is 314 g/mol. The predicted molar refractivity (Wildman–Crippen MR) is 82.0 cm³/mol. The summed E-state index contributed by atoms with van der Waals surface area (Å²) in [4.78, 5) is 1.38. The van der Waals surface area contributed by atoms with Crippen LogP contribution < -0.4 is 10.1 Å². The van der Waals surface area contributed by atoms with Crippen LogP contribution in [0.3, 0.4) is 0 Å². The van der Waals surface area contributed by atoms with E-state index in [0.29, 0.717) is 5.02 Å². The molecular weight excluding hydrogens is 301 g/mol. The summed E-state index contributed by atoms with van der Waals surface area (Å²) in [6.07, 6.45) is 2.15. The second kappa shape index (κ2) is 5.23. The molecule has 2 nitrogen and oxygen atoms in total. The van der Waals surface area contributed by atoms with E-state index in [1.165, 1.54) is 10.4 Å². The monoisotopic (exact) mass is 313 g/mol. The number of nitrogens with one attached hydrogen (secondary N) is 1. The maximum atomic E-state index is 6.22. The lowest BCUT2D eigenvalue weighted by Gasteiger charge is -2.16. The minimum absolute atomic E-state index is 0.281. The van der Waals surface area contributed by atoms with Crippen molar-refractivity contribution in [3.8, 4) is 5.75 Å². The second-order valence-corrected chi connectivity index (χ2v) is 6.69. The molecule has 1 aromatic carbocycles. The van der Waals surface area contributed by atoms with Gasteiger partial charge in [0.1, 0.15) is 5.75 Å². The fraction of sp³-hybridized carbons (Fsp3) is 0.286. The second-order valence-electron chi connectivity index (χ2n) is 4.51. The maximum Gasteiger partial charge on any atom is 0.121 e. The Morgan fingerprint density at radius 1 is 1.32 bits per heavy atom. The van der Waals surface area contributed by atoms with Gasteiger partial charge in [0.05, 0.1) is 28.2 Å². The smallest absolute Gasteiger partial charge is 0.121 e. The van der Waals surface area contributed by atoms with Gasteiger partial charge in [-0.1, -0.05) is 23.2 Å². The molecule has 0 bridgehead atoms. The lowest BCUT2D eigenvalue weighted by molar-refractivity contribution is 0.415. The van der Waals surface area contributed by atoms with E-state index in [0.717, 1.165) is 28.6 Å². The number of fused-ring (bicyclic) bond motifs is 1. The predicted octanol–water partition coefficient (Wildman–Crippen LogP) is 5.16. The van der Waals surface area contributed by atoms with Crippen LogP contribution in [0.5, 0.6) is 5.75 Å². The molecule has 1 unspecified atom stereocenters. The SMILES string of the molecule is COc1ccc(Cl)c(NC2CCc3sc(Cl)cc32)c1. The maximum absolute atomic E-state index is 6.22. The minimum atomic E-state index is 0.281. The van der Waals surface area contributed by atoms with Gasteiger partial charge in [-0.25, -0.2) is 0 Å². The number of rotatable bonds is 3. The molecular formula is C14H13Cl2NOS. The molecule has 0 fully saturated rings. The number of anilines is 1. The van der Waals surface area contributed by atoms with Gasteiger partial charge in [-0.3, -0.25) is 0 Å². The Balaban J connectivity index is 1.86. The molecule has 19 heavy (non-hydrogen) atoms. The fourth-order valence-corrected chi connectivity index (χ4v) is 3.94. The van der Waals surface area contributed by atoms with Crippen LogP contribution in [0.2, 0.25) is 9.36 Å². The van der Waals surface area contributed by atoms with Gasteiger partial charge in [0, 0.05) is 10.9 Å². The summed E-state index contributed by atoms with van der Waals surface area (Å²) < 4.78 is 6.09. The van der Waals surface area contributed by atoms with E-state index in [9.17, 15) is 0 Å². The van der Waals surface area contributed by atoms with Crippen LogP contribution in [0.4, 0.5) is 5.69 Å². The molecule has 0 aliphatic heterocycles.